The van der Waals surface area contributed by atoms with E-state index in [4.69, 9.17) is 16.7 Å². The number of amides is 2. The van der Waals surface area contributed by atoms with Gasteiger partial charge in [-0.25, -0.2) is 9.48 Å². The molecule has 0 unspecified atom stereocenters. The van der Waals surface area contributed by atoms with Gasteiger partial charge in [0.25, 0.3) is 0 Å². The normalized spacial score (nSPS) is 15.3. The van der Waals surface area contributed by atoms with Crippen LogP contribution in [-0.2, 0) is 0 Å². The molecule has 3 heterocycles. The quantitative estimate of drug-likeness (QED) is 0.673. The average molecular weight is 384 g/mol. The minimum atomic E-state index is 0.0780. The van der Waals surface area contributed by atoms with E-state index in [1.807, 2.05) is 52.3 Å². The first-order chi connectivity index (χ1) is 13.0. The van der Waals surface area contributed by atoms with Gasteiger partial charge < -0.3 is 9.80 Å². The Bertz CT molecular complexity index is 958. The molecule has 0 saturated carbocycles. The molecule has 3 aromatic rings. The molecule has 1 saturated heterocycles. The van der Waals surface area contributed by atoms with Crippen LogP contribution in [0, 0.1) is 0 Å². The van der Waals surface area contributed by atoms with Crippen molar-refractivity contribution in [2.24, 2.45) is 0 Å². The number of hydrogen-bond acceptors (Lipinski definition) is 3. The molecule has 1 aromatic carbocycles. The number of likely N-dealkylation sites (tertiary alicyclic amines) is 1. The summed E-state index contributed by atoms with van der Waals surface area (Å²) in [4.78, 5) is 20.0. The summed E-state index contributed by atoms with van der Waals surface area (Å²) in [6.45, 7) is 1.50. The van der Waals surface area contributed by atoms with Crippen molar-refractivity contribution in [2.75, 3.05) is 27.2 Å². The monoisotopic (exact) mass is 383 g/mol. The molecule has 1 aliphatic heterocycles. The van der Waals surface area contributed by atoms with Crippen molar-refractivity contribution >= 4 is 28.5 Å². The van der Waals surface area contributed by atoms with E-state index in [1.54, 1.807) is 19.0 Å². The van der Waals surface area contributed by atoms with Crippen LogP contribution in [0.25, 0.3) is 16.6 Å². The zero-order chi connectivity index (χ0) is 19.0. The van der Waals surface area contributed by atoms with Gasteiger partial charge in [0.15, 0.2) is 0 Å². The fourth-order valence-electron chi connectivity index (χ4n) is 3.69. The molecule has 6 nitrogen and oxygen atoms in total. The Morgan fingerprint density at radius 2 is 1.85 bits per heavy atom. The van der Waals surface area contributed by atoms with Crippen molar-refractivity contribution in [2.45, 2.75) is 18.8 Å². The molecule has 27 heavy (non-hydrogen) atoms. The minimum absolute atomic E-state index is 0.0780. The third-order valence-corrected chi connectivity index (χ3v) is 5.37. The van der Waals surface area contributed by atoms with Gasteiger partial charge in [-0.3, -0.25) is 4.98 Å². The van der Waals surface area contributed by atoms with Gasteiger partial charge in [-0.1, -0.05) is 11.6 Å². The summed E-state index contributed by atoms with van der Waals surface area (Å²) < 4.78 is 1.94. The molecule has 2 aromatic heterocycles. The van der Waals surface area contributed by atoms with Gasteiger partial charge in [-0.05, 0) is 43.2 Å². The van der Waals surface area contributed by atoms with Crippen molar-refractivity contribution in [3.8, 4) is 5.69 Å². The third-order valence-electron chi connectivity index (χ3n) is 5.12. The number of pyridine rings is 1. The van der Waals surface area contributed by atoms with Gasteiger partial charge in [0.1, 0.15) is 0 Å². The Kier molecular flexibility index (Phi) is 4.74. The number of urea groups is 1. The highest BCUT2D eigenvalue weighted by molar-refractivity contribution is 6.30. The van der Waals surface area contributed by atoms with Crippen LogP contribution in [0.15, 0.2) is 42.7 Å². The summed E-state index contributed by atoms with van der Waals surface area (Å²) >= 11 is 6.03. The zero-order valence-corrected chi connectivity index (χ0v) is 16.2. The predicted molar refractivity (Wildman–Crippen MR) is 107 cm³/mol. The van der Waals surface area contributed by atoms with Gasteiger partial charge in [-0.2, -0.15) is 5.10 Å². The lowest BCUT2D eigenvalue weighted by atomic mass is 9.92. The van der Waals surface area contributed by atoms with Crippen molar-refractivity contribution in [1.82, 2.24) is 24.6 Å². The van der Waals surface area contributed by atoms with Crippen LogP contribution in [0.4, 0.5) is 4.79 Å². The van der Waals surface area contributed by atoms with Gasteiger partial charge in [0, 0.05) is 49.7 Å². The van der Waals surface area contributed by atoms with E-state index in [9.17, 15) is 4.79 Å². The highest BCUT2D eigenvalue weighted by Crippen LogP contribution is 2.33. The Hall–Kier alpha value is -2.60. The van der Waals surface area contributed by atoms with E-state index in [0.717, 1.165) is 48.2 Å². The summed E-state index contributed by atoms with van der Waals surface area (Å²) in [7, 11) is 3.59. The lowest BCUT2D eigenvalue weighted by Crippen LogP contribution is -2.43. The molecule has 1 aliphatic rings. The van der Waals surface area contributed by atoms with E-state index in [1.165, 1.54) is 0 Å². The molecule has 2 amide bonds. The average Bonchev–Trinajstić information content (AvgIpc) is 3.08. The second-order valence-electron chi connectivity index (χ2n) is 7.10. The van der Waals surface area contributed by atoms with Crippen LogP contribution in [0.5, 0.6) is 0 Å². The van der Waals surface area contributed by atoms with E-state index < -0.39 is 0 Å². The SMILES string of the molecule is CN(C)C(=O)N1CCC(c2nn(-c3ccc(Cl)cc3)c3cnccc23)CC1. The predicted octanol–water partition coefficient (Wildman–Crippen LogP) is 3.93. The van der Waals surface area contributed by atoms with Gasteiger partial charge >= 0.3 is 6.03 Å². The molecular formula is C20H22ClN5O. The maximum absolute atomic E-state index is 12.2. The van der Waals surface area contributed by atoms with Crippen LogP contribution in [0.2, 0.25) is 5.02 Å². The maximum Gasteiger partial charge on any atom is 0.319 e. The summed E-state index contributed by atoms with van der Waals surface area (Å²) in [5, 5.41) is 6.76. The van der Waals surface area contributed by atoms with Crippen LogP contribution < -0.4 is 0 Å². The van der Waals surface area contributed by atoms with Crippen molar-refractivity contribution in [3.05, 3.63) is 53.4 Å². The van der Waals surface area contributed by atoms with Crippen LogP contribution in [-0.4, -0.2) is 57.8 Å². The highest BCUT2D eigenvalue weighted by atomic mass is 35.5. The lowest BCUT2D eigenvalue weighted by molar-refractivity contribution is 0.156. The summed E-state index contributed by atoms with van der Waals surface area (Å²) in [6.07, 6.45) is 5.48. The molecule has 0 aliphatic carbocycles. The molecule has 0 radical (unpaired) electrons. The fourth-order valence-corrected chi connectivity index (χ4v) is 3.82. The third kappa shape index (κ3) is 3.37. The fraction of sp³-hybridized carbons (Fsp3) is 0.350. The number of halogens is 1. The summed E-state index contributed by atoms with van der Waals surface area (Å²) in [5.74, 6) is 0.328. The second-order valence-corrected chi connectivity index (χ2v) is 7.54. The van der Waals surface area contributed by atoms with Crippen LogP contribution in [0.3, 0.4) is 0 Å². The number of carbonyl (C=O) groups is 1. The number of hydrogen-bond donors (Lipinski definition) is 0. The number of nitrogens with zero attached hydrogens (tertiary/aromatic N) is 5. The first-order valence-electron chi connectivity index (χ1n) is 9.09. The highest BCUT2D eigenvalue weighted by Gasteiger charge is 2.28. The molecule has 7 heteroatoms. The molecule has 1 fully saturated rings. The molecule has 0 bridgehead atoms. The van der Waals surface area contributed by atoms with E-state index >= 15 is 0 Å². The maximum atomic E-state index is 12.2. The summed E-state index contributed by atoms with van der Waals surface area (Å²) in [6, 6.07) is 9.77. The van der Waals surface area contributed by atoms with Crippen molar-refractivity contribution < 1.29 is 4.79 Å². The van der Waals surface area contributed by atoms with Crippen LogP contribution >= 0.6 is 11.6 Å². The van der Waals surface area contributed by atoms with E-state index in [0.29, 0.717) is 10.9 Å². The number of aromatic nitrogens is 3. The first kappa shape index (κ1) is 17.8. The molecule has 0 atom stereocenters. The van der Waals surface area contributed by atoms with Crippen molar-refractivity contribution in [3.63, 3.8) is 0 Å². The molecule has 4 rings (SSSR count). The zero-order valence-electron chi connectivity index (χ0n) is 15.5. The molecule has 0 spiro atoms. The van der Waals surface area contributed by atoms with Gasteiger partial charge in [0.05, 0.1) is 23.1 Å². The number of piperidine rings is 1. The number of benzene rings is 1. The molecule has 0 N–H and O–H groups in total. The molecule has 140 valence electrons. The smallest absolute Gasteiger partial charge is 0.319 e. The van der Waals surface area contributed by atoms with E-state index in [2.05, 4.69) is 4.98 Å². The van der Waals surface area contributed by atoms with Crippen LogP contribution in [0.1, 0.15) is 24.5 Å². The standard InChI is InChI=1S/C20H22ClN5O/c1-24(2)20(27)25-11-8-14(9-12-25)19-17-7-10-22-13-18(17)26(23-19)16-5-3-15(21)4-6-16/h3-7,10,13-14H,8-9,11-12H2,1-2H3. The second kappa shape index (κ2) is 7.19. The Morgan fingerprint density at radius 1 is 1.15 bits per heavy atom. The Balaban J connectivity index is 1.65. The van der Waals surface area contributed by atoms with E-state index in [-0.39, 0.29) is 6.03 Å². The Labute approximate surface area is 163 Å². The Morgan fingerprint density at radius 3 is 2.52 bits per heavy atom. The summed E-state index contributed by atoms with van der Waals surface area (Å²) in [5.41, 5.74) is 3.03. The van der Waals surface area contributed by atoms with Gasteiger partial charge in [0.2, 0.25) is 0 Å². The topological polar surface area (TPSA) is 54.3 Å². The first-order valence-corrected chi connectivity index (χ1v) is 9.47. The largest absolute Gasteiger partial charge is 0.331 e. The number of rotatable bonds is 2. The lowest BCUT2D eigenvalue weighted by Gasteiger charge is -2.33. The number of carbonyl (C=O) groups excluding carboxylic acids is 1. The van der Waals surface area contributed by atoms with Gasteiger partial charge in [-0.15, -0.1) is 0 Å². The van der Waals surface area contributed by atoms with Crippen molar-refractivity contribution in [1.29, 1.82) is 0 Å². The molecular weight excluding hydrogens is 362 g/mol. The minimum Gasteiger partial charge on any atom is -0.331 e. The number of fused-ring (bicyclic) bond motifs is 1.